The Labute approximate surface area is 135 Å². The van der Waals surface area contributed by atoms with Crippen molar-refractivity contribution < 1.29 is 0 Å². The van der Waals surface area contributed by atoms with Crippen LogP contribution in [0.25, 0.3) is 22.8 Å². The van der Waals surface area contributed by atoms with Crippen LogP contribution < -0.4 is 0 Å². The van der Waals surface area contributed by atoms with E-state index >= 15 is 0 Å². The van der Waals surface area contributed by atoms with Crippen LogP contribution in [0.15, 0.2) is 79.1 Å². The second kappa shape index (κ2) is 5.69. The van der Waals surface area contributed by atoms with Gasteiger partial charge in [-0.15, -0.1) is 0 Å². The lowest BCUT2D eigenvalue weighted by molar-refractivity contribution is 0.634. The molecule has 4 rings (SSSR count). The lowest BCUT2D eigenvalue weighted by Crippen LogP contribution is -2.07. The molecule has 2 aromatic rings. The van der Waals surface area contributed by atoms with E-state index in [2.05, 4.69) is 58.1 Å². The molecule has 2 aliphatic heterocycles. The van der Waals surface area contributed by atoms with Gasteiger partial charge in [0.05, 0.1) is 11.7 Å². The highest BCUT2D eigenvalue weighted by Crippen LogP contribution is 2.26. The molecule has 0 N–H and O–H groups in total. The molecule has 0 unspecified atom stereocenters. The molecular formula is C20H17N3. The van der Waals surface area contributed by atoms with Crippen LogP contribution in [0.1, 0.15) is 18.5 Å². The van der Waals surface area contributed by atoms with Gasteiger partial charge in [0, 0.05) is 18.0 Å². The van der Waals surface area contributed by atoms with E-state index in [0.29, 0.717) is 0 Å². The number of pyridine rings is 1. The van der Waals surface area contributed by atoms with Crippen LogP contribution in [0.5, 0.6) is 0 Å². The zero-order chi connectivity index (χ0) is 15.6. The fourth-order valence-corrected chi connectivity index (χ4v) is 2.79. The van der Waals surface area contributed by atoms with E-state index in [-0.39, 0.29) is 6.04 Å². The highest BCUT2D eigenvalue weighted by atomic mass is 15.0. The second-order valence-electron chi connectivity index (χ2n) is 5.66. The van der Waals surface area contributed by atoms with Gasteiger partial charge in [0.15, 0.2) is 5.82 Å². The van der Waals surface area contributed by atoms with Gasteiger partial charge in [-0.05, 0) is 18.6 Å². The van der Waals surface area contributed by atoms with Crippen LogP contribution in [0.3, 0.4) is 0 Å². The molecule has 0 spiro atoms. The topological polar surface area (TPSA) is 30.7 Å². The third-order valence-electron chi connectivity index (χ3n) is 4.15. The van der Waals surface area contributed by atoms with Crippen molar-refractivity contribution in [2.24, 2.45) is 0 Å². The zero-order valence-corrected chi connectivity index (χ0v) is 12.9. The summed E-state index contributed by atoms with van der Waals surface area (Å²) in [7, 11) is 0. The van der Waals surface area contributed by atoms with E-state index in [4.69, 9.17) is 0 Å². The molecule has 0 bridgehead atoms. The van der Waals surface area contributed by atoms with Crippen molar-refractivity contribution in [1.82, 2.24) is 14.5 Å². The first-order chi connectivity index (χ1) is 11.3. The SMILES string of the molecule is C[C@@H](c1ccccc1)n1ccc2nc(-c3ccccc3)nc-2c1. The molecule has 1 atom stereocenters. The first-order valence-corrected chi connectivity index (χ1v) is 7.77. The number of nitrogens with zero attached hydrogens (tertiary/aromatic N) is 3. The minimum Gasteiger partial charge on any atom is -0.345 e. The summed E-state index contributed by atoms with van der Waals surface area (Å²) >= 11 is 0. The van der Waals surface area contributed by atoms with Gasteiger partial charge >= 0.3 is 0 Å². The first-order valence-electron chi connectivity index (χ1n) is 7.77. The molecule has 2 aromatic carbocycles. The predicted octanol–water partition coefficient (Wildman–Crippen LogP) is 4.66. The summed E-state index contributed by atoms with van der Waals surface area (Å²) in [5.74, 6) is 0.783. The van der Waals surface area contributed by atoms with Gasteiger partial charge in [-0.3, -0.25) is 0 Å². The van der Waals surface area contributed by atoms with Crippen molar-refractivity contribution in [1.29, 1.82) is 0 Å². The van der Waals surface area contributed by atoms with Crippen molar-refractivity contribution in [2.75, 3.05) is 0 Å². The largest absolute Gasteiger partial charge is 0.345 e. The molecule has 0 aliphatic carbocycles. The average Bonchev–Trinajstić information content (AvgIpc) is 3.06. The fourth-order valence-electron chi connectivity index (χ4n) is 2.79. The van der Waals surface area contributed by atoms with E-state index in [0.717, 1.165) is 22.8 Å². The van der Waals surface area contributed by atoms with Crippen LogP contribution in [0.2, 0.25) is 0 Å². The summed E-state index contributed by atoms with van der Waals surface area (Å²) in [6, 6.07) is 22.9. The maximum atomic E-state index is 4.69. The van der Waals surface area contributed by atoms with E-state index in [1.54, 1.807) is 0 Å². The highest BCUT2D eigenvalue weighted by Gasteiger charge is 2.14. The monoisotopic (exact) mass is 299 g/mol. The first kappa shape index (κ1) is 13.7. The average molecular weight is 299 g/mol. The summed E-state index contributed by atoms with van der Waals surface area (Å²) in [5.41, 5.74) is 4.18. The number of hydrogen-bond donors (Lipinski definition) is 0. The van der Waals surface area contributed by atoms with Gasteiger partial charge in [0.2, 0.25) is 0 Å². The molecular weight excluding hydrogens is 282 g/mol. The third-order valence-corrected chi connectivity index (χ3v) is 4.15. The third kappa shape index (κ3) is 2.61. The van der Waals surface area contributed by atoms with Gasteiger partial charge in [-0.25, -0.2) is 9.97 Å². The van der Waals surface area contributed by atoms with Gasteiger partial charge in [0.1, 0.15) is 5.69 Å². The lowest BCUT2D eigenvalue weighted by atomic mass is 10.1. The van der Waals surface area contributed by atoms with Crippen molar-refractivity contribution in [3.8, 4) is 22.8 Å². The molecule has 0 radical (unpaired) electrons. The molecule has 0 saturated heterocycles. The number of rotatable bonds is 3. The molecule has 2 heterocycles. The lowest BCUT2D eigenvalue weighted by Gasteiger charge is -2.17. The van der Waals surface area contributed by atoms with Crippen LogP contribution in [0.4, 0.5) is 0 Å². The summed E-state index contributed by atoms with van der Waals surface area (Å²) in [4.78, 5) is 9.32. The van der Waals surface area contributed by atoms with Crippen LogP contribution in [0, 0.1) is 0 Å². The molecule has 2 aliphatic rings. The molecule has 0 saturated carbocycles. The van der Waals surface area contributed by atoms with E-state index in [1.807, 2.05) is 42.5 Å². The molecule has 112 valence electrons. The normalized spacial score (nSPS) is 12.4. The Bertz CT molecular complexity index is 881. The molecule has 0 amide bonds. The summed E-state index contributed by atoms with van der Waals surface area (Å²) < 4.78 is 2.18. The minimum atomic E-state index is 0.262. The standard InChI is InChI=1S/C20H17N3/c1-15(16-8-4-2-5-9-16)23-13-12-18-19(14-23)22-20(21-18)17-10-6-3-7-11-17/h2-15H,1H3/t15-/m0/s1. The van der Waals surface area contributed by atoms with Gasteiger partial charge in [-0.2, -0.15) is 0 Å². The van der Waals surface area contributed by atoms with Crippen LogP contribution >= 0.6 is 0 Å². The van der Waals surface area contributed by atoms with Crippen LogP contribution in [-0.4, -0.2) is 14.5 Å². The Hall–Kier alpha value is -2.94. The van der Waals surface area contributed by atoms with E-state index in [9.17, 15) is 0 Å². The molecule has 3 nitrogen and oxygen atoms in total. The van der Waals surface area contributed by atoms with E-state index in [1.165, 1.54) is 5.56 Å². The Kier molecular flexibility index (Phi) is 3.39. The maximum Gasteiger partial charge on any atom is 0.160 e. The smallest absolute Gasteiger partial charge is 0.160 e. The number of aromatic nitrogens is 3. The fraction of sp³-hybridized carbons (Fsp3) is 0.100. The molecule has 0 aromatic heterocycles. The second-order valence-corrected chi connectivity index (χ2v) is 5.66. The molecule has 23 heavy (non-hydrogen) atoms. The quantitative estimate of drug-likeness (QED) is 0.551. The summed E-state index contributed by atoms with van der Waals surface area (Å²) in [6.07, 6.45) is 4.15. The molecule has 3 heteroatoms. The van der Waals surface area contributed by atoms with Crippen molar-refractivity contribution in [3.63, 3.8) is 0 Å². The van der Waals surface area contributed by atoms with Crippen LogP contribution in [-0.2, 0) is 0 Å². The maximum absolute atomic E-state index is 4.69. The summed E-state index contributed by atoms with van der Waals surface area (Å²) in [5, 5.41) is 0. The Balaban J connectivity index is 1.73. The van der Waals surface area contributed by atoms with Gasteiger partial charge < -0.3 is 4.57 Å². The Morgan fingerprint density at radius 1 is 0.783 bits per heavy atom. The number of fused-ring (bicyclic) bond motifs is 1. The van der Waals surface area contributed by atoms with Gasteiger partial charge in [0.25, 0.3) is 0 Å². The molecule has 0 fully saturated rings. The highest BCUT2D eigenvalue weighted by molar-refractivity contribution is 5.65. The number of hydrogen-bond acceptors (Lipinski definition) is 2. The number of benzene rings is 2. The Morgan fingerprint density at radius 2 is 1.43 bits per heavy atom. The van der Waals surface area contributed by atoms with Crippen molar-refractivity contribution in [3.05, 3.63) is 84.7 Å². The minimum absolute atomic E-state index is 0.262. The zero-order valence-electron chi connectivity index (χ0n) is 12.9. The Morgan fingerprint density at radius 3 is 2.17 bits per heavy atom. The predicted molar refractivity (Wildman–Crippen MR) is 92.3 cm³/mol. The summed E-state index contributed by atoms with van der Waals surface area (Å²) in [6.45, 7) is 2.19. The van der Waals surface area contributed by atoms with Crippen molar-refractivity contribution in [2.45, 2.75) is 13.0 Å². The number of imidazole rings is 1. The van der Waals surface area contributed by atoms with Crippen molar-refractivity contribution >= 4 is 0 Å². The van der Waals surface area contributed by atoms with E-state index < -0.39 is 0 Å². The van der Waals surface area contributed by atoms with Gasteiger partial charge in [-0.1, -0.05) is 60.7 Å².